The Morgan fingerprint density at radius 3 is 2.69 bits per heavy atom. The smallest absolute Gasteiger partial charge is 0.338 e. The molecule has 1 unspecified atom stereocenters. The van der Waals surface area contributed by atoms with Crippen LogP contribution in [0, 0.1) is 0 Å². The second-order valence-electron chi connectivity index (χ2n) is 7.75. The first-order valence-electron chi connectivity index (χ1n) is 10.6. The Kier molecular flexibility index (Phi) is 6.32. The van der Waals surface area contributed by atoms with Crippen LogP contribution in [0.25, 0.3) is 6.08 Å². The van der Waals surface area contributed by atoms with Crippen molar-refractivity contribution in [2.45, 2.75) is 19.9 Å². The predicted octanol–water partition coefficient (Wildman–Crippen LogP) is 3.76. The molecule has 2 aromatic carbocycles. The number of hydrogen-bond donors (Lipinski definition) is 1. The monoisotopic (exact) mass is 620 g/mol. The maximum Gasteiger partial charge on any atom is 0.338 e. The highest BCUT2D eigenvalue weighted by molar-refractivity contribution is 9.11. The third-order valence-corrected chi connectivity index (χ3v) is 7.76. The van der Waals surface area contributed by atoms with Crippen LogP contribution in [0.3, 0.4) is 0 Å². The third-order valence-electron chi connectivity index (χ3n) is 5.57. The number of benzene rings is 2. The largest absolute Gasteiger partial charge is 0.506 e. The highest BCUT2D eigenvalue weighted by Crippen LogP contribution is 2.38. The number of nitrogens with zero attached hydrogens (tertiary/aromatic N) is 2. The molecule has 0 bridgehead atoms. The number of allylic oxidation sites excluding steroid dienone is 1. The van der Waals surface area contributed by atoms with Crippen molar-refractivity contribution in [2.24, 2.45) is 4.99 Å². The molecule has 0 saturated carbocycles. The number of aromatic nitrogens is 1. The van der Waals surface area contributed by atoms with E-state index in [-0.39, 0.29) is 24.7 Å². The summed E-state index contributed by atoms with van der Waals surface area (Å²) in [5, 5.41) is 10.0. The molecule has 3 aromatic rings. The number of esters is 1. The number of aromatic hydroxyl groups is 1. The molecular formula is C24H18Br2N2O6S. The van der Waals surface area contributed by atoms with E-state index < -0.39 is 12.0 Å². The molecule has 3 heterocycles. The van der Waals surface area contributed by atoms with Gasteiger partial charge < -0.3 is 19.3 Å². The summed E-state index contributed by atoms with van der Waals surface area (Å²) in [6, 6.07) is 8.01. The van der Waals surface area contributed by atoms with E-state index in [1.807, 2.05) is 6.07 Å². The molecular weight excluding hydrogens is 604 g/mol. The number of fused-ring (bicyclic) bond motifs is 2. The molecule has 0 fully saturated rings. The topological polar surface area (TPSA) is 99.4 Å². The van der Waals surface area contributed by atoms with Gasteiger partial charge in [-0.15, -0.1) is 0 Å². The third kappa shape index (κ3) is 4.21. The van der Waals surface area contributed by atoms with Crippen molar-refractivity contribution >= 4 is 55.2 Å². The molecule has 180 valence electrons. The van der Waals surface area contributed by atoms with Gasteiger partial charge in [0.25, 0.3) is 5.56 Å². The summed E-state index contributed by atoms with van der Waals surface area (Å²) in [6.07, 6.45) is 1.72. The maximum absolute atomic E-state index is 13.7. The van der Waals surface area contributed by atoms with Gasteiger partial charge in [-0.25, -0.2) is 9.79 Å². The molecule has 8 nitrogen and oxygen atoms in total. The van der Waals surface area contributed by atoms with Crippen LogP contribution in [-0.2, 0) is 9.53 Å². The van der Waals surface area contributed by atoms with E-state index in [2.05, 4.69) is 36.9 Å². The van der Waals surface area contributed by atoms with Crippen LogP contribution in [0.4, 0.5) is 0 Å². The summed E-state index contributed by atoms with van der Waals surface area (Å²) in [5.74, 6) is 0.683. The number of hydrogen-bond acceptors (Lipinski definition) is 8. The van der Waals surface area contributed by atoms with Gasteiger partial charge >= 0.3 is 5.97 Å². The zero-order chi connectivity index (χ0) is 24.9. The van der Waals surface area contributed by atoms with Crippen LogP contribution >= 0.6 is 43.2 Å². The van der Waals surface area contributed by atoms with E-state index in [9.17, 15) is 14.7 Å². The predicted molar refractivity (Wildman–Crippen MR) is 136 cm³/mol. The van der Waals surface area contributed by atoms with Gasteiger partial charge in [0.05, 0.1) is 37.4 Å². The Morgan fingerprint density at radius 2 is 1.97 bits per heavy atom. The molecule has 35 heavy (non-hydrogen) atoms. The molecule has 0 saturated heterocycles. The Hall–Kier alpha value is -2.89. The molecule has 0 amide bonds. The molecule has 0 spiro atoms. The van der Waals surface area contributed by atoms with Crippen molar-refractivity contribution in [3.63, 3.8) is 0 Å². The molecule has 1 N–H and O–H groups in total. The zero-order valence-electron chi connectivity index (χ0n) is 18.5. The van der Waals surface area contributed by atoms with Gasteiger partial charge in [-0.2, -0.15) is 0 Å². The highest BCUT2D eigenvalue weighted by Gasteiger charge is 2.34. The van der Waals surface area contributed by atoms with Crippen molar-refractivity contribution in [3.8, 4) is 17.2 Å². The minimum atomic E-state index is -0.750. The molecule has 0 aliphatic carbocycles. The van der Waals surface area contributed by atoms with E-state index in [0.717, 1.165) is 0 Å². The number of rotatable bonds is 4. The number of phenolic OH excluding ortho intramolecular Hbond substituents is 1. The first-order chi connectivity index (χ1) is 16.8. The highest BCUT2D eigenvalue weighted by atomic mass is 79.9. The lowest BCUT2D eigenvalue weighted by Gasteiger charge is -2.24. The van der Waals surface area contributed by atoms with E-state index in [1.54, 1.807) is 44.2 Å². The summed E-state index contributed by atoms with van der Waals surface area (Å²) < 4.78 is 19.2. The summed E-state index contributed by atoms with van der Waals surface area (Å²) in [4.78, 5) is 31.7. The van der Waals surface area contributed by atoms with E-state index >= 15 is 0 Å². The number of carbonyl (C=O) groups excluding carboxylic acids is 1. The zero-order valence-corrected chi connectivity index (χ0v) is 22.5. The Balaban J connectivity index is 1.73. The van der Waals surface area contributed by atoms with Gasteiger partial charge in [-0.05, 0) is 87.2 Å². The van der Waals surface area contributed by atoms with Gasteiger partial charge in [0.2, 0.25) is 6.79 Å². The number of ether oxygens (including phenoxy) is 3. The van der Waals surface area contributed by atoms with Gasteiger partial charge in [-0.3, -0.25) is 9.36 Å². The van der Waals surface area contributed by atoms with Crippen molar-refractivity contribution in [3.05, 3.63) is 81.4 Å². The van der Waals surface area contributed by atoms with E-state index in [1.165, 1.54) is 15.9 Å². The van der Waals surface area contributed by atoms with Crippen molar-refractivity contribution in [2.75, 3.05) is 13.4 Å². The minimum Gasteiger partial charge on any atom is -0.506 e. The quantitative estimate of drug-likeness (QED) is 0.446. The Labute approximate surface area is 220 Å². The lowest BCUT2D eigenvalue weighted by Crippen LogP contribution is -2.39. The molecule has 0 radical (unpaired) electrons. The second kappa shape index (κ2) is 9.29. The van der Waals surface area contributed by atoms with Crippen molar-refractivity contribution in [1.29, 1.82) is 0 Å². The molecule has 11 heteroatoms. The first kappa shape index (κ1) is 23.8. The fourth-order valence-electron chi connectivity index (χ4n) is 4.01. The van der Waals surface area contributed by atoms with E-state index in [4.69, 9.17) is 14.2 Å². The average Bonchev–Trinajstić information content (AvgIpc) is 3.40. The fourth-order valence-corrected chi connectivity index (χ4v) is 6.28. The maximum atomic E-state index is 13.7. The summed E-state index contributed by atoms with van der Waals surface area (Å²) in [7, 11) is 0. The SMILES string of the molecule is CCOC(=O)C1=C(C)N=c2sc(=Cc3cc(Br)c(O)c(Br)c3)c(=O)n2C1c1ccc2c(c1)OCO2. The van der Waals surface area contributed by atoms with Gasteiger partial charge in [-0.1, -0.05) is 17.4 Å². The van der Waals surface area contributed by atoms with Crippen molar-refractivity contribution < 1.29 is 24.1 Å². The van der Waals surface area contributed by atoms with Crippen LogP contribution in [-0.4, -0.2) is 29.0 Å². The fraction of sp³-hybridized carbons (Fsp3) is 0.208. The average molecular weight is 622 g/mol. The molecule has 5 rings (SSSR count). The van der Waals surface area contributed by atoms with Gasteiger partial charge in [0, 0.05) is 0 Å². The minimum absolute atomic E-state index is 0.0705. The number of carbonyl (C=O) groups is 1. The standard InChI is InChI=1S/C24H18Br2N2O6S/c1-3-32-23(31)19-11(2)27-24-28(20(19)13-4-5-16-17(9-13)34-10-33-16)22(30)18(35-24)8-12-6-14(25)21(29)15(26)7-12/h4-9,20,29H,3,10H2,1-2H3. The summed E-state index contributed by atoms with van der Waals surface area (Å²) >= 11 is 7.86. The van der Waals surface area contributed by atoms with Gasteiger partial charge in [0.15, 0.2) is 16.3 Å². The van der Waals surface area contributed by atoms with Crippen LogP contribution in [0.1, 0.15) is 31.0 Å². The lowest BCUT2D eigenvalue weighted by molar-refractivity contribution is -0.139. The molecule has 1 atom stereocenters. The summed E-state index contributed by atoms with van der Waals surface area (Å²) in [5.41, 5.74) is 1.85. The molecule has 2 aliphatic rings. The van der Waals surface area contributed by atoms with Crippen LogP contribution in [0.15, 0.2) is 60.3 Å². The van der Waals surface area contributed by atoms with Crippen molar-refractivity contribution in [1.82, 2.24) is 4.57 Å². The number of halogens is 2. The lowest BCUT2D eigenvalue weighted by atomic mass is 9.95. The van der Waals surface area contributed by atoms with Crippen LogP contribution < -0.4 is 24.4 Å². The Bertz CT molecular complexity index is 1570. The van der Waals surface area contributed by atoms with Crippen LogP contribution in [0.2, 0.25) is 0 Å². The molecule has 1 aromatic heterocycles. The summed E-state index contributed by atoms with van der Waals surface area (Å²) in [6.45, 7) is 3.77. The van der Waals surface area contributed by atoms with Crippen LogP contribution in [0.5, 0.6) is 17.2 Å². The number of phenols is 1. The normalized spacial score (nSPS) is 16.8. The Morgan fingerprint density at radius 1 is 1.26 bits per heavy atom. The molecule has 2 aliphatic heterocycles. The van der Waals surface area contributed by atoms with E-state index in [0.29, 0.717) is 52.2 Å². The second-order valence-corrected chi connectivity index (χ2v) is 10.5. The van der Waals surface area contributed by atoms with Gasteiger partial charge in [0.1, 0.15) is 5.75 Å². The first-order valence-corrected chi connectivity index (χ1v) is 13.0. The number of thiazole rings is 1.